The minimum Gasteiger partial charge on any atom is -0.473 e. The summed E-state index contributed by atoms with van der Waals surface area (Å²) in [4.78, 5) is 0. The van der Waals surface area contributed by atoms with Gasteiger partial charge in [0, 0.05) is 16.7 Å². The minimum atomic E-state index is -0.635. The van der Waals surface area contributed by atoms with E-state index >= 15 is 0 Å². The Morgan fingerprint density at radius 3 is 2.07 bits per heavy atom. The van der Waals surface area contributed by atoms with Crippen LogP contribution in [0.1, 0.15) is 22.3 Å². The molecule has 0 unspecified atom stereocenters. The zero-order valence-electron chi connectivity index (χ0n) is 15.5. The lowest BCUT2D eigenvalue weighted by Crippen LogP contribution is -2.34. The summed E-state index contributed by atoms with van der Waals surface area (Å²) in [5, 5.41) is 2.38. The molecule has 1 aliphatic rings. The fourth-order valence-corrected chi connectivity index (χ4v) is 4.00. The predicted molar refractivity (Wildman–Crippen MR) is 117 cm³/mol. The van der Waals surface area contributed by atoms with Crippen molar-refractivity contribution in [2.45, 2.75) is 5.60 Å². The maximum atomic E-state index is 6.75. The largest absolute Gasteiger partial charge is 0.473 e. The smallest absolute Gasteiger partial charge is 0.178 e. The van der Waals surface area contributed by atoms with Gasteiger partial charge in [-0.15, -0.1) is 0 Å². The molecule has 4 aromatic rings. The van der Waals surface area contributed by atoms with Crippen LogP contribution in [0.2, 0.25) is 0 Å². The van der Waals surface area contributed by atoms with E-state index in [-0.39, 0.29) is 0 Å². The fraction of sp³-hybridized carbons (Fsp3) is 0.0370. The van der Waals surface area contributed by atoms with Gasteiger partial charge in [-0.25, -0.2) is 0 Å². The van der Waals surface area contributed by atoms with Crippen LogP contribution in [0.3, 0.4) is 0 Å². The van der Waals surface area contributed by atoms with E-state index in [2.05, 4.69) is 97.6 Å². The Hall–Kier alpha value is -3.58. The van der Waals surface area contributed by atoms with Crippen LogP contribution in [0, 0.1) is 0 Å². The molecule has 0 atom stereocenters. The van der Waals surface area contributed by atoms with Gasteiger partial charge in [0.05, 0.1) is 0 Å². The van der Waals surface area contributed by atoms with Crippen LogP contribution < -0.4 is 4.74 Å². The first-order valence-electron chi connectivity index (χ1n) is 9.49. The second kappa shape index (κ2) is 6.54. The molecule has 1 heterocycles. The van der Waals surface area contributed by atoms with E-state index in [9.17, 15) is 0 Å². The molecular weight excluding hydrogens is 340 g/mol. The molecule has 0 saturated heterocycles. The maximum absolute atomic E-state index is 6.75. The van der Waals surface area contributed by atoms with Crippen LogP contribution in [0.25, 0.3) is 22.9 Å². The van der Waals surface area contributed by atoms with Gasteiger partial charge in [-0.05, 0) is 40.6 Å². The molecule has 5 rings (SSSR count). The van der Waals surface area contributed by atoms with Crippen LogP contribution in [-0.4, -0.2) is 0 Å². The van der Waals surface area contributed by atoms with Crippen molar-refractivity contribution in [3.8, 4) is 5.75 Å². The third-order valence-corrected chi connectivity index (χ3v) is 5.44. The SMILES string of the molecule is C=Cc1ccc2c3c(ccc2c1)OC(c1ccccc1)(c1ccccc1)C=C3. The van der Waals surface area contributed by atoms with Crippen LogP contribution in [-0.2, 0) is 5.60 Å². The van der Waals surface area contributed by atoms with Crippen LogP contribution in [0.15, 0.2) is 104 Å². The van der Waals surface area contributed by atoms with Crippen molar-refractivity contribution in [1.82, 2.24) is 0 Å². The Morgan fingerprint density at radius 2 is 1.43 bits per heavy atom. The van der Waals surface area contributed by atoms with Gasteiger partial charge in [0.2, 0.25) is 0 Å². The highest BCUT2D eigenvalue weighted by molar-refractivity contribution is 5.95. The first kappa shape index (κ1) is 16.6. The first-order chi connectivity index (χ1) is 13.8. The second-order valence-electron chi connectivity index (χ2n) is 7.07. The molecule has 0 N–H and O–H groups in total. The number of hydrogen-bond acceptors (Lipinski definition) is 1. The topological polar surface area (TPSA) is 9.23 Å². The maximum Gasteiger partial charge on any atom is 0.178 e. The summed E-state index contributed by atoms with van der Waals surface area (Å²) in [6.07, 6.45) is 6.26. The quantitative estimate of drug-likeness (QED) is 0.389. The van der Waals surface area contributed by atoms with E-state index in [4.69, 9.17) is 4.74 Å². The summed E-state index contributed by atoms with van der Waals surface area (Å²) in [6.45, 7) is 3.87. The summed E-state index contributed by atoms with van der Waals surface area (Å²) in [6, 6.07) is 31.4. The van der Waals surface area contributed by atoms with Crippen molar-refractivity contribution < 1.29 is 4.74 Å². The highest BCUT2D eigenvalue weighted by Crippen LogP contribution is 2.44. The number of benzene rings is 4. The highest BCUT2D eigenvalue weighted by Gasteiger charge is 2.37. The molecule has 1 heteroatoms. The van der Waals surface area contributed by atoms with Crippen molar-refractivity contribution in [2.75, 3.05) is 0 Å². The molecule has 4 aromatic carbocycles. The third kappa shape index (κ3) is 2.56. The second-order valence-corrected chi connectivity index (χ2v) is 7.07. The predicted octanol–water partition coefficient (Wildman–Crippen LogP) is 6.83. The van der Waals surface area contributed by atoms with Crippen molar-refractivity contribution in [3.63, 3.8) is 0 Å². The zero-order chi connectivity index (χ0) is 19.0. The molecule has 0 amide bonds. The Balaban J connectivity index is 1.72. The lowest BCUT2D eigenvalue weighted by Gasteiger charge is -2.36. The number of hydrogen-bond donors (Lipinski definition) is 0. The van der Waals surface area contributed by atoms with Gasteiger partial charge in [-0.1, -0.05) is 91.5 Å². The molecule has 1 aliphatic heterocycles. The molecule has 0 bridgehead atoms. The van der Waals surface area contributed by atoms with Crippen LogP contribution in [0.4, 0.5) is 0 Å². The van der Waals surface area contributed by atoms with Gasteiger partial charge in [0.15, 0.2) is 5.60 Å². The molecule has 0 aliphatic carbocycles. The lowest BCUT2D eigenvalue weighted by molar-refractivity contribution is 0.161. The summed E-state index contributed by atoms with van der Waals surface area (Å²) >= 11 is 0. The Morgan fingerprint density at radius 1 is 0.750 bits per heavy atom. The standard InChI is InChI=1S/C27H20O/c1-2-20-13-15-24-21(19-20)14-16-26-25(24)17-18-27(28-26,22-9-5-3-6-10-22)23-11-7-4-8-12-23/h2-19H,1H2. The average molecular weight is 360 g/mol. The van der Waals surface area contributed by atoms with E-state index in [1.165, 1.54) is 10.8 Å². The Bertz CT molecular complexity index is 1150. The molecule has 0 saturated carbocycles. The fourth-order valence-electron chi connectivity index (χ4n) is 4.00. The van der Waals surface area contributed by atoms with Gasteiger partial charge >= 0.3 is 0 Å². The Labute approximate surface area is 165 Å². The van der Waals surface area contributed by atoms with E-state index in [1.807, 2.05) is 18.2 Å². The van der Waals surface area contributed by atoms with Gasteiger partial charge in [0.1, 0.15) is 5.75 Å². The summed E-state index contributed by atoms with van der Waals surface area (Å²) in [7, 11) is 0. The number of fused-ring (bicyclic) bond motifs is 3. The molecule has 28 heavy (non-hydrogen) atoms. The average Bonchev–Trinajstić information content (AvgIpc) is 2.79. The zero-order valence-corrected chi connectivity index (χ0v) is 15.5. The molecule has 0 aromatic heterocycles. The molecule has 1 nitrogen and oxygen atoms in total. The molecule has 134 valence electrons. The van der Waals surface area contributed by atoms with Crippen molar-refractivity contribution in [2.24, 2.45) is 0 Å². The van der Waals surface area contributed by atoms with Gasteiger partial charge in [0.25, 0.3) is 0 Å². The van der Waals surface area contributed by atoms with Crippen LogP contribution >= 0.6 is 0 Å². The number of ether oxygens (including phenoxy) is 1. The molecular formula is C27H20O. The van der Waals surface area contributed by atoms with E-state index < -0.39 is 5.60 Å². The third-order valence-electron chi connectivity index (χ3n) is 5.44. The normalized spacial score (nSPS) is 14.3. The summed E-state index contributed by atoms with van der Waals surface area (Å²) < 4.78 is 6.75. The lowest BCUT2D eigenvalue weighted by atomic mass is 9.83. The molecule has 0 fully saturated rings. The van der Waals surface area contributed by atoms with E-state index in [0.29, 0.717) is 0 Å². The summed E-state index contributed by atoms with van der Waals surface area (Å²) in [5.41, 5.74) is 3.84. The van der Waals surface area contributed by atoms with E-state index in [0.717, 1.165) is 28.0 Å². The van der Waals surface area contributed by atoms with Crippen molar-refractivity contribution in [3.05, 3.63) is 126 Å². The van der Waals surface area contributed by atoms with Gasteiger partial charge in [-0.3, -0.25) is 0 Å². The van der Waals surface area contributed by atoms with Crippen molar-refractivity contribution in [1.29, 1.82) is 0 Å². The van der Waals surface area contributed by atoms with Crippen molar-refractivity contribution >= 4 is 22.9 Å². The van der Waals surface area contributed by atoms with Gasteiger partial charge in [-0.2, -0.15) is 0 Å². The number of rotatable bonds is 3. The van der Waals surface area contributed by atoms with Crippen LogP contribution in [0.5, 0.6) is 5.75 Å². The van der Waals surface area contributed by atoms with Gasteiger partial charge < -0.3 is 4.74 Å². The Kier molecular flexibility index (Phi) is 3.87. The minimum absolute atomic E-state index is 0.635. The highest BCUT2D eigenvalue weighted by atomic mass is 16.5. The summed E-state index contributed by atoms with van der Waals surface area (Å²) in [5.74, 6) is 0.897. The first-order valence-corrected chi connectivity index (χ1v) is 9.49. The molecule has 0 radical (unpaired) electrons. The monoisotopic (exact) mass is 360 g/mol. The molecule has 0 spiro atoms. The van der Waals surface area contributed by atoms with E-state index in [1.54, 1.807) is 0 Å².